The van der Waals surface area contributed by atoms with Gasteiger partial charge in [-0.05, 0) is 23.6 Å². The summed E-state index contributed by atoms with van der Waals surface area (Å²) < 4.78 is 0. The first kappa shape index (κ1) is 19.0. The molecule has 0 saturated heterocycles. The number of hydrogen-bond acceptors (Lipinski definition) is 5. The van der Waals surface area contributed by atoms with Crippen LogP contribution >= 0.6 is 22.9 Å². The minimum Gasteiger partial charge on any atom is -0.323 e. The maximum Gasteiger partial charge on any atom is 0.265 e. The molecule has 0 spiro atoms. The Bertz CT molecular complexity index is 1170. The number of benzene rings is 2. The smallest absolute Gasteiger partial charge is 0.265 e. The Hall–Kier alpha value is -3.29. The average molecular weight is 425 g/mol. The second-order valence-electron chi connectivity index (χ2n) is 6.23. The van der Waals surface area contributed by atoms with Crippen molar-refractivity contribution in [3.63, 3.8) is 0 Å². The highest BCUT2D eigenvalue weighted by atomic mass is 35.5. The molecular weight excluding hydrogens is 412 g/mol. The number of alkyl halides is 1. The van der Waals surface area contributed by atoms with Gasteiger partial charge in [-0.1, -0.05) is 30.3 Å². The quantitative estimate of drug-likeness (QED) is 0.485. The van der Waals surface area contributed by atoms with E-state index in [1.54, 1.807) is 41.8 Å². The molecule has 0 unspecified atom stereocenters. The number of ketones is 2. The van der Waals surface area contributed by atoms with Crippen LogP contribution in [0.3, 0.4) is 0 Å². The molecule has 0 atom stereocenters. The number of thiophene rings is 1. The highest BCUT2D eigenvalue weighted by molar-refractivity contribution is 7.12. The Kier molecular flexibility index (Phi) is 5.00. The third-order valence-electron chi connectivity index (χ3n) is 4.47. The fourth-order valence-electron chi connectivity index (χ4n) is 3.19. The number of carbonyl (C=O) groups is 4. The average Bonchev–Trinajstić information content (AvgIpc) is 3.28. The van der Waals surface area contributed by atoms with Crippen LogP contribution in [-0.2, 0) is 4.79 Å². The molecule has 4 rings (SSSR count). The molecule has 2 aromatic carbocycles. The Labute approximate surface area is 174 Å². The van der Waals surface area contributed by atoms with E-state index in [1.165, 1.54) is 23.5 Å². The number of fused-ring (bicyclic) bond motifs is 2. The molecule has 0 fully saturated rings. The van der Waals surface area contributed by atoms with E-state index in [9.17, 15) is 19.2 Å². The van der Waals surface area contributed by atoms with Gasteiger partial charge < -0.3 is 10.6 Å². The molecule has 29 heavy (non-hydrogen) atoms. The van der Waals surface area contributed by atoms with Gasteiger partial charge in [0.2, 0.25) is 5.91 Å². The van der Waals surface area contributed by atoms with E-state index in [4.69, 9.17) is 11.6 Å². The second kappa shape index (κ2) is 7.62. The topological polar surface area (TPSA) is 92.3 Å². The highest BCUT2D eigenvalue weighted by Crippen LogP contribution is 2.37. The van der Waals surface area contributed by atoms with Crippen molar-refractivity contribution in [1.82, 2.24) is 0 Å². The molecule has 6 nitrogen and oxygen atoms in total. The van der Waals surface area contributed by atoms with Crippen molar-refractivity contribution in [3.05, 3.63) is 81.0 Å². The largest absolute Gasteiger partial charge is 0.323 e. The lowest BCUT2D eigenvalue weighted by Crippen LogP contribution is -2.25. The maximum absolute atomic E-state index is 13.2. The molecule has 0 bridgehead atoms. The van der Waals surface area contributed by atoms with Crippen LogP contribution in [0.5, 0.6) is 0 Å². The van der Waals surface area contributed by atoms with Gasteiger partial charge in [-0.25, -0.2) is 0 Å². The molecule has 1 aliphatic rings. The lowest BCUT2D eigenvalue weighted by molar-refractivity contribution is -0.113. The minimum atomic E-state index is -0.506. The normalized spacial score (nSPS) is 12.2. The van der Waals surface area contributed by atoms with E-state index in [-0.39, 0.29) is 39.7 Å². The van der Waals surface area contributed by atoms with E-state index >= 15 is 0 Å². The van der Waals surface area contributed by atoms with Crippen LogP contribution in [0, 0.1) is 0 Å². The summed E-state index contributed by atoms with van der Waals surface area (Å²) in [4.78, 5) is 51.1. The lowest BCUT2D eigenvalue weighted by Gasteiger charge is -2.22. The van der Waals surface area contributed by atoms with E-state index in [1.807, 2.05) is 0 Å². The highest BCUT2D eigenvalue weighted by Gasteiger charge is 2.33. The monoisotopic (exact) mass is 424 g/mol. The van der Waals surface area contributed by atoms with Crippen molar-refractivity contribution in [2.45, 2.75) is 0 Å². The number of nitrogens with one attached hydrogen (secondary N) is 2. The first-order valence-corrected chi connectivity index (χ1v) is 9.98. The number of anilines is 2. The molecule has 3 aromatic rings. The van der Waals surface area contributed by atoms with E-state index in [0.717, 1.165) is 0 Å². The fraction of sp³-hybridized carbons (Fsp3) is 0.0476. The maximum atomic E-state index is 13.2. The minimum absolute atomic E-state index is 0.0472. The molecule has 1 aromatic heterocycles. The summed E-state index contributed by atoms with van der Waals surface area (Å²) in [7, 11) is 0. The van der Waals surface area contributed by atoms with E-state index in [2.05, 4.69) is 10.6 Å². The fourth-order valence-corrected chi connectivity index (χ4v) is 3.87. The van der Waals surface area contributed by atoms with Crippen molar-refractivity contribution in [2.24, 2.45) is 0 Å². The third-order valence-corrected chi connectivity index (χ3v) is 5.58. The van der Waals surface area contributed by atoms with Gasteiger partial charge in [0.1, 0.15) is 5.88 Å². The van der Waals surface area contributed by atoms with Crippen molar-refractivity contribution in [1.29, 1.82) is 0 Å². The first-order chi connectivity index (χ1) is 14.0. The van der Waals surface area contributed by atoms with Crippen LogP contribution in [-0.4, -0.2) is 29.3 Å². The predicted octanol–water partition coefficient (Wildman–Crippen LogP) is 3.95. The van der Waals surface area contributed by atoms with Gasteiger partial charge in [-0.2, -0.15) is 0 Å². The van der Waals surface area contributed by atoms with Crippen LogP contribution in [0.1, 0.15) is 41.5 Å². The van der Waals surface area contributed by atoms with Crippen LogP contribution in [0.25, 0.3) is 0 Å². The van der Waals surface area contributed by atoms with Crippen LogP contribution in [0.4, 0.5) is 11.4 Å². The van der Waals surface area contributed by atoms with E-state index in [0.29, 0.717) is 10.4 Å². The van der Waals surface area contributed by atoms with Gasteiger partial charge in [-0.3, -0.25) is 19.2 Å². The van der Waals surface area contributed by atoms with Crippen molar-refractivity contribution in [3.8, 4) is 0 Å². The molecule has 0 saturated carbocycles. The molecular formula is C21H13ClN2O4S. The van der Waals surface area contributed by atoms with Gasteiger partial charge in [-0.15, -0.1) is 22.9 Å². The Morgan fingerprint density at radius 2 is 1.59 bits per heavy atom. The second-order valence-corrected chi connectivity index (χ2v) is 7.44. The zero-order chi connectivity index (χ0) is 20.5. The molecule has 0 radical (unpaired) electrons. The van der Waals surface area contributed by atoms with Gasteiger partial charge >= 0.3 is 0 Å². The first-order valence-electron chi connectivity index (χ1n) is 8.57. The number of amides is 2. The van der Waals surface area contributed by atoms with Gasteiger partial charge in [0.05, 0.1) is 21.8 Å². The SMILES string of the molecule is O=C(CCl)Nc1ccc2c(c1NC(=O)c1cccs1)C(=O)c1ccccc1C2=O. The van der Waals surface area contributed by atoms with Gasteiger partial charge in [0.25, 0.3) is 5.91 Å². The summed E-state index contributed by atoms with van der Waals surface area (Å²) >= 11 is 6.81. The van der Waals surface area contributed by atoms with Crippen LogP contribution in [0.15, 0.2) is 53.9 Å². The zero-order valence-electron chi connectivity index (χ0n) is 14.8. The van der Waals surface area contributed by atoms with Crippen molar-refractivity contribution >= 4 is 57.7 Å². The number of rotatable bonds is 4. The summed E-state index contributed by atoms with van der Waals surface area (Å²) in [6.45, 7) is 0. The molecule has 1 aliphatic carbocycles. The molecule has 2 amide bonds. The summed E-state index contributed by atoms with van der Waals surface area (Å²) in [6.07, 6.45) is 0. The Balaban J connectivity index is 1.88. The molecule has 1 heterocycles. The lowest BCUT2D eigenvalue weighted by atomic mass is 9.83. The van der Waals surface area contributed by atoms with Gasteiger partial charge in [0, 0.05) is 16.7 Å². The summed E-state index contributed by atoms with van der Waals surface area (Å²) in [5, 5.41) is 7.01. The van der Waals surface area contributed by atoms with Crippen LogP contribution in [0.2, 0.25) is 0 Å². The number of halogens is 1. The summed E-state index contributed by atoms with van der Waals surface area (Å²) in [6, 6.07) is 12.8. The Morgan fingerprint density at radius 3 is 2.24 bits per heavy atom. The molecule has 0 aliphatic heterocycles. The summed E-state index contributed by atoms with van der Waals surface area (Å²) in [5.41, 5.74) is 1.03. The van der Waals surface area contributed by atoms with Crippen molar-refractivity contribution in [2.75, 3.05) is 16.5 Å². The van der Waals surface area contributed by atoms with Gasteiger partial charge in [0.15, 0.2) is 11.6 Å². The zero-order valence-corrected chi connectivity index (χ0v) is 16.4. The van der Waals surface area contributed by atoms with Crippen LogP contribution < -0.4 is 10.6 Å². The Morgan fingerprint density at radius 1 is 0.862 bits per heavy atom. The number of hydrogen-bond donors (Lipinski definition) is 2. The molecule has 2 N–H and O–H groups in total. The molecule has 8 heteroatoms. The predicted molar refractivity (Wildman–Crippen MR) is 111 cm³/mol. The number of carbonyl (C=O) groups excluding carboxylic acids is 4. The van der Waals surface area contributed by atoms with Crippen molar-refractivity contribution < 1.29 is 19.2 Å². The summed E-state index contributed by atoms with van der Waals surface area (Å²) in [5.74, 6) is -1.98. The molecule has 144 valence electrons. The van der Waals surface area contributed by atoms with E-state index < -0.39 is 17.6 Å². The standard InChI is InChI=1S/C21H13ClN2O4S/c22-10-16(25)23-14-8-7-13-17(18(14)24-21(28)15-6-3-9-29-15)20(27)12-5-2-1-4-11(12)19(13)26/h1-9H,10H2,(H,23,25)(H,24,28). The third kappa shape index (κ3) is 3.35.